The van der Waals surface area contributed by atoms with E-state index >= 15 is 0 Å². The van der Waals surface area contributed by atoms with Crippen LogP contribution >= 0.6 is 0 Å². The molecule has 1 heterocycles. The summed E-state index contributed by atoms with van der Waals surface area (Å²) >= 11 is 0. The van der Waals surface area contributed by atoms with Gasteiger partial charge in [0.25, 0.3) is 5.91 Å². The number of nitrogens with zero attached hydrogens (tertiary/aromatic N) is 2. The Bertz CT molecular complexity index is 841. The number of carbonyl (C=O) groups excluding carboxylic acids is 1. The highest BCUT2D eigenvalue weighted by atomic mass is 16.5. The molecule has 0 fully saturated rings. The second-order valence-electron chi connectivity index (χ2n) is 5.42. The van der Waals surface area contributed by atoms with E-state index in [1.807, 2.05) is 38.1 Å². The number of ether oxygens (including phenoxy) is 1. The van der Waals surface area contributed by atoms with Crippen LogP contribution in [0.4, 0.5) is 17.2 Å². The van der Waals surface area contributed by atoms with Gasteiger partial charge in [-0.15, -0.1) is 10.2 Å². The van der Waals surface area contributed by atoms with Gasteiger partial charge in [-0.3, -0.25) is 4.79 Å². The van der Waals surface area contributed by atoms with E-state index in [0.717, 1.165) is 17.0 Å². The number of hydrogen-bond donors (Lipinski definition) is 3. The molecular formula is C18H19N5O2. The summed E-state index contributed by atoms with van der Waals surface area (Å²) in [6.07, 6.45) is 0. The van der Waals surface area contributed by atoms with Crippen LogP contribution in [0.1, 0.15) is 23.0 Å². The van der Waals surface area contributed by atoms with E-state index in [1.165, 1.54) is 0 Å². The fourth-order valence-corrected chi connectivity index (χ4v) is 2.24. The van der Waals surface area contributed by atoms with Crippen molar-refractivity contribution in [3.05, 3.63) is 59.8 Å². The molecule has 1 aromatic heterocycles. The van der Waals surface area contributed by atoms with Crippen molar-refractivity contribution < 1.29 is 9.53 Å². The zero-order valence-electron chi connectivity index (χ0n) is 14.0. The summed E-state index contributed by atoms with van der Waals surface area (Å²) in [5, 5.41) is 16.3. The maximum atomic E-state index is 12.4. The van der Waals surface area contributed by atoms with Gasteiger partial charge in [0, 0.05) is 11.4 Å². The quantitative estimate of drug-likeness (QED) is 0.640. The van der Waals surface area contributed by atoms with Crippen molar-refractivity contribution in [2.45, 2.75) is 13.8 Å². The van der Waals surface area contributed by atoms with Crippen molar-refractivity contribution in [3.63, 3.8) is 0 Å². The lowest BCUT2D eigenvalue weighted by molar-refractivity contribution is 0.102. The molecule has 1 amide bonds. The van der Waals surface area contributed by atoms with Gasteiger partial charge in [-0.25, -0.2) is 0 Å². The summed E-state index contributed by atoms with van der Waals surface area (Å²) < 4.78 is 5.38. The summed E-state index contributed by atoms with van der Waals surface area (Å²) in [5.74, 6) is 0.767. The Hall–Kier alpha value is -3.35. The lowest BCUT2D eigenvalue weighted by atomic mass is 10.2. The average molecular weight is 337 g/mol. The first-order valence-corrected chi connectivity index (χ1v) is 7.94. The third-order valence-electron chi connectivity index (χ3n) is 3.50. The standard InChI is InChI=1S/C18H19N5O2/c1-3-25-15-10-8-14(9-11-15)20-18(24)16-17(22-23-21-16)19-13-6-4-12(2)5-7-13/h4-11H,3H2,1-2H3,(H,20,24)(H2,19,21,22,23). The molecule has 2 aromatic carbocycles. The van der Waals surface area contributed by atoms with Crippen molar-refractivity contribution in [2.24, 2.45) is 0 Å². The van der Waals surface area contributed by atoms with Crippen LogP contribution in [0.25, 0.3) is 0 Å². The molecule has 0 unspecified atom stereocenters. The molecule has 0 radical (unpaired) electrons. The number of amides is 1. The lowest BCUT2D eigenvalue weighted by Gasteiger charge is -2.07. The van der Waals surface area contributed by atoms with E-state index < -0.39 is 0 Å². The van der Waals surface area contributed by atoms with Crippen LogP contribution in [-0.2, 0) is 0 Å². The Morgan fingerprint density at radius 3 is 2.40 bits per heavy atom. The number of nitrogens with one attached hydrogen (secondary N) is 3. The Kier molecular flexibility index (Phi) is 4.94. The van der Waals surface area contributed by atoms with E-state index in [1.54, 1.807) is 24.3 Å². The highest BCUT2D eigenvalue weighted by Crippen LogP contribution is 2.20. The van der Waals surface area contributed by atoms with Crippen LogP contribution < -0.4 is 15.4 Å². The van der Waals surface area contributed by atoms with Crippen molar-refractivity contribution in [1.82, 2.24) is 15.4 Å². The lowest BCUT2D eigenvalue weighted by Crippen LogP contribution is -2.14. The van der Waals surface area contributed by atoms with E-state index in [-0.39, 0.29) is 11.6 Å². The van der Waals surface area contributed by atoms with E-state index in [9.17, 15) is 4.79 Å². The minimum Gasteiger partial charge on any atom is -0.494 e. The molecule has 3 aromatic rings. The minimum atomic E-state index is -0.354. The molecule has 128 valence electrons. The second kappa shape index (κ2) is 7.48. The first-order chi connectivity index (χ1) is 12.2. The van der Waals surface area contributed by atoms with Crippen LogP contribution in [0.2, 0.25) is 0 Å². The van der Waals surface area contributed by atoms with Gasteiger partial charge in [0.1, 0.15) is 5.75 Å². The summed E-state index contributed by atoms with van der Waals surface area (Å²) in [4.78, 5) is 12.4. The molecule has 0 saturated carbocycles. The predicted octanol–water partition coefficient (Wildman–Crippen LogP) is 3.51. The first-order valence-electron chi connectivity index (χ1n) is 7.94. The SMILES string of the molecule is CCOc1ccc(NC(=O)c2n[nH]nc2Nc2ccc(C)cc2)cc1. The van der Waals surface area contributed by atoms with E-state index in [2.05, 4.69) is 26.0 Å². The minimum absolute atomic E-state index is 0.189. The number of anilines is 3. The Balaban J connectivity index is 1.70. The Labute approximate surface area is 145 Å². The monoisotopic (exact) mass is 337 g/mol. The molecule has 0 aliphatic rings. The maximum absolute atomic E-state index is 12.4. The van der Waals surface area contributed by atoms with Gasteiger partial charge < -0.3 is 15.4 Å². The number of aryl methyl sites for hydroxylation is 1. The predicted molar refractivity (Wildman–Crippen MR) is 96.4 cm³/mol. The molecular weight excluding hydrogens is 318 g/mol. The Morgan fingerprint density at radius 2 is 1.72 bits per heavy atom. The molecule has 0 atom stereocenters. The highest BCUT2D eigenvalue weighted by molar-refractivity contribution is 6.06. The van der Waals surface area contributed by atoms with Crippen LogP contribution in [0, 0.1) is 6.92 Å². The zero-order valence-corrected chi connectivity index (χ0v) is 14.0. The molecule has 7 heteroatoms. The van der Waals surface area contributed by atoms with Crippen molar-refractivity contribution in [1.29, 1.82) is 0 Å². The Morgan fingerprint density at radius 1 is 1.04 bits per heavy atom. The summed E-state index contributed by atoms with van der Waals surface area (Å²) in [6, 6.07) is 14.9. The number of benzene rings is 2. The van der Waals surface area contributed by atoms with Crippen LogP contribution in [0.3, 0.4) is 0 Å². The van der Waals surface area contributed by atoms with Crippen LogP contribution in [0.15, 0.2) is 48.5 Å². The van der Waals surface area contributed by atoms with Gasteiger partial charge in [0.15, 0.2) is 11.5 Å². The summed E-state index contributed by atoms with van der Waals surface area (Å²) in [5.41, 5.74) is 2.82. The van der Waals surface area contributed by atoms with E-state index in [0.29, 0.717) is 18.1 Å². The molecule has 3 rings (SSSR count). The molecule has 0 spiro atoms. The molecule has 0 aliphatic carbocycles. The number of rotatable bonds is 6. The fourth-order valence-electron chi connectivity index (χ4n) is 2.24. The fraction of sp³-hybridized carbons (Fsp3) is 0.167. The third-order valence-corrected chi connectivity index (χ3v) is 3.50. The maximum Gasteiger partial charge on any atom is 0.280 e. The van der Waals surface area contributed by atoms with E-state index in [4.69, 9.17) is 4.74 Å². The number of carbonyl (C=O) groups is 1. The molecule has 0 bridgehead atoms. The third kappa shape index (κ3) is 4.14. The number of hydrogen-bond acceptors (Lipinski definition) is 5. The first kappa shape index (κ1) is 16.5. The second-order valence-corrected chi connectivity index (χ2v) is 5.42. The van der Waals surface area contributed by atoms with Gasteiger partial charge >= 0.3 is 0 Å². The van der Waals surface area contributed by atoms with Crippen LogP contribution in [-0.4, -0.2) is 27.9 Å². The smallest absolute Gasteiger partial charge is 0.280 e. The molecule has 25 heavy (non-hydrogen) atoms. The molecule has 3 N–H and O–H groups in total. The normalized spacial score (nSPS) is 10.3. The van der Waals surface area contributed by atoms with Crippen molar-refractivity contribution >= 4 is 23.1 Å². The van der Waals surface area contributed by atoms with Crippen molar-refractivity contribution in [3.8, 4) is 5.75 Å². The van der Waals surface area contributed by atoms with Gasteiger partial charge in [0.2, 0.25) is 0 Å². The zero-order chi connectivity index (χ0) is 17.6. The number of H-pyrrole nitrogens is 1. The van der Waals surface area contributed by atoms with Gasteiger partial charge in [-0.2, -0.15) is 5.21 Å². The molecule has 0 saturated heterocycles. The molecule has 0 aliphatic heterocycles. The van der Waals surface area contributed by atoms with Gasteiger partial charge in [-0.05, 0) is 50.2 Å². The molecule has 7 nitrogen and oxygen atoms in total. The summed E-state index contributed by atoms with van der Waals surface area (Å²) in [7, 11) is 0. The van der Waals surface area contributed by atoms with Crippen LogP contribution in [0.5, 0.6) is 5.75 Å². The number of aromatic nitrogens is 3. The average Bonchev–Trinajstić information content (AvgIpc) is 3.07. The largest absolute Gasteiger partial charge is 0.494 e. The number of aromatic amines is 1. The van der Waals surface area contributed by atoms with Crippen molar-refractivity contribution in [2.75, 3.05) is 17.2 Å². The summed E-state index contributed by atoms with van der Waals surface area (Å²) in [6.45, 7) is 4.52. The van der Waals surface area contributed by atoms with Gasteiger partial charge in [-0.1, -0.05) is 17.7 Å². The highest BCUT2D eigenvalue weighted by Gasteiger charge is 2.17. The van der Waals surface area contributed by atoms with Gasteiger partial charge in [0.05, 0.1) is 6.61 Å². The topological polar surface area (TPSA) is 91.9 Å².